The summed E-state index contributed by atoms with van der Waals surface area (Å²) in [6.45, 7) is 0. The summed E-state index contributed by atoms with van der Waals surface area (Å²) in [6.07, 6.45) is -5.80. The molecule has 0 radical (unpaired) electrons. The van der Waals surface area contributed by atoms with Gasteiger partial charge in [0.15, 0.2) is 0 Å². The monoisotopic (exact) mass is 210 g/mol. The van der Waals surface area contributed by atoms with Crippen LogP contribution in [0.25, 0.3) is 0 Å². The molecule has 0 aromatic rings. The van der Waals surface area contributed by atoms with Crippen LogP contribution in [0.4, 0.5) is 13.2 Å². The van der Waals surface area contributed by atoms with E-state index >= 15 is 0 Å². The van der Waals surface area contributed by atoms with Crippen molar-refractivity contribution in [1.29, 1.82) is 0 Å². The van der Waals surface area contributed by atoms with E-state index in [9.17, 15) is 22.8 Å². The summed E-state index contributed by atoms with van der Waals surface area (Å²) in [4.78, 5) is 21.3. The van der Waals surface area contributed by atoms with Crippen molar-refractivity contribution < 1.29 is 27.9 Å². The van der Waals surface area contributed by atoms with Gasteiger partial charge < -0.3 is 5.11 Å². The molecule has 1 saturated carbocycles. The molecule has 1 rings (SSSR count). The fourth-order valence-corrected chi connectivity index (χ4v) is 1.58. The van der Waals surface area contributed by atoms with Crippen molar-refractivity contribution in [3.63, 3.8) is 0 Å². The Morgan fingerprint density at radius 2 is 1.93 bits per heavy atom. The molecule has 0 saturated heterocycles. The maximum absolute atomic E-state index is 12.2. The van der Waals surface area contributed by atoms with Crippen molar-refractivity contribution in [3.05, 3.63) is 0 Å². The minimum Gasteiger partial charge on any atom is -0.481 e. The van der Waals surface area contributed by atoms with E-state index in [1.54, 1.807) is 0 Å². The molecule has 0 aliphatic heterocycles. The van der Waals surface area contributed by atoms with E-state index in [0.717, 1.165) is 0 Å². The molecule has 0 bridgehead atoms. The topological polar surface area (TPSA) is 54.4 Å². The number of halogens is 3. The first-order valence-electron chi connectivity index (χ1n) is 4.12. The lowest BCUT2D eigenvalue weighted by molar-refractivity contribution is -0.189. The summed E-state index contributed by atoms with van der Waals surface area (Å²) in [5.74, 6) is -4.91. The van der Waals surface area contributed by atoms with Crippen LogP contribution in [0.15, 0.2) is 0 Å². The largest absolute Gasteiger partial charge is 0.481 e. The highest BCUT2D eigenvalue weighted by Gasteiger charge is 2.46. The molecule has 6 heteroatoms. The van der Waals surface area contributed by atoms with Gasteiger partial charge in [0.25, 0.3) is 0 Å². The third-order valence-electron chi connectivity index (χ3n) is 2.33. The van der Waals surface area contributed by atoms with Crippen molar-refractivity contribution in [2.45, 2.75) is 25.4 Å². The van der Waals surface area contributed by atoms with Gasteiger partial charge in [0.1, 0.15) is 5.78 Å². The smallest absolute Gasteiger partial charge is 0.392 e. The number of Topliss-reactive ketones (excluding diaryl/α,β-unsaturated/α-hetero) is 1. The molecular weight excluding hydrogens is 201 g/mol. The van der Waals surface area contributed by atoms with Gasteiger partial charge in [0.05, 0.1) is 11.8 Å². The molecule has 1 aliphatic carbocycles. The van der Waals surface area contributed by atoms with Crippen LogP contribution in [0.1, 0.15) is 19.3 Å². The summed E-state index contributed by atoms with van der Waals surface area (Å²) in [5, 5.41) is 8.52. The Morgan fingerprint density at radius 3 is 2.36 bits per heavy atom. The van der Waals surface area contributed by atoms with Crippen LogP contribution >= 0.6 is 0 Å². The fourth-order valence-electron chi connectivity index (χ4n) is 1.58. The van der Waals surface area contributed by atoms with Gasteiger partial charge >= 0.3 is 12.1 Å². The Labute approximate surface area is 77.9 Å². The van der Waals surface area contributed by atoms with Gasteiger partial charge in [-0.1, -0.05) is 0 Å². The highest BCUT2D eigenvalue weighted by atomic mass is 19.4. The van der Waals surface area contributed by atoms with Crippen molar-refractivity contribution in [1.82, 2.24) is 0 Å². The van der Waals surface area contributed by atoms with Crippen LogP contribution in [-0.4, -0.2) is 23.0 Å². The number of carbonyl (C=O) groups excluding carboxylic acids is 1. The zero-order valence-electron chi connectivity index (χ0n) is 7.17. The Balaban J connectivity index is 2.73. The highest BCUT2D eigenvalue weighted by molar-refractivity contribution is 5.85. The van der Waals surface area contributed by atoms with Crippen LogP contribution in [0, 0.1) is 11.8 Å². The van der Waals surface area contributed by atoms with E-state index in [-0.39, 0.29) is 6.42 Å². The van der Waals surface area contributed by atoms with Gasteiger partial charge in [0, 0.05) is 12.8 Å². The lowest BCUT2D eigenvalue weighted by Gasteiger charge is -2.27. The van der Waals surface area contributed by atoms with E-state index in [2.05, 4.69) is 0 Å². The molecule has 0 aromatic carbocycles. The Morgan fingerprint density at radius 1 is 1.36 bits per heavy atom. The van der Waals surface area contributed by atoms with Gasteiger partial charge in [0.2, 0.25) is 0 Å². The first kappa shape index (κ1) is 11.0. The Hall–Kier alpha value is -1.07. The van der Waals surface area contributed by atoms with E-state index in [1.807, 2.05) is 0 Å². The maximum atomic E-state index is 12.2. The molecule has 1 N–H and O–H groups in total. The third-order valence-corrected chi connectivity index (χ3v) is 2.33. The first-order chi connectivity index (χ1) is 6.30. The molecule has 3 nitrogen and oxygen atoms in total. The highest BCUT2D eigenvalue weighted by Crippen LogP contribution is 2.38. The van der Waals surface area contributed by atoms with E-state index in [4.69, 9.17) is 5.11 Å². The second-order valence-corrected chi connectivity index (χ2v) is 3.46. The summed E-state index contributed by atoms with van der Waals surface area (Å²) in [5.41, 5.74) is 0. The predicted molar refractivity (Wildman–Crippen MR) is 39.5 cm³/mol. The number of ketones is 1. The van der Waals surface area contributed by atoms with Crippen molar-refractivity contribution in [3.8, 4) is 0 Å². The van der Waals surface area contributed by atoms with Gasteiger partial charge in [-0.15, -0.1) is 0 Å². The van der Waals surface area contributed by atoms with Crippen LogP contribution in [-0.2, 0) is 9.59 Å². The SMILES string of the molecule is O=C1C[C@@H](C(=O)O)C[C@H](C(F)(F)F)C1. The summed E-state index contributed by atoms with van der Waals surface area (Å²) >= 11 is 0. The second kappa shape index (κ2) is 3.59. The molecule has 0 spiro atoms. The molecule has 0 unspecified atom stereocenters. The maximum Gasteiger partial charge on any atom is 0.392 e. The fraction of sp³-hybridized carbons (Fsp3) is 0.750. The standard InChI is InChI=1S/C8H9F3O3/c9-8(10,11)5-1-4(7(13)14)2-6(12)3-5/h4-5H,1-3H2,(H,13,14)/t4-,5-/m0/s1. The molecule has 80 valence electrons. The lowest BCUT2D eigenvalue weighted by Crippen LogP contribution is -2.35. The Kier molecular flexibility index (Phi) is 2.82. The number of rotatable bonds is 1. The number of hydrogen-bond acceptors (Lipinski definition) is 2. The number of hydrogen-bond donors (Lipinski definition) is 1. The van der Waals surface area contributed by atoms with E-state index in [0.29, 0.717) is 0 Å². The minimum atomic E-state index is -4.47. The van der Waals surface area contributed by atoms with Gasteiger partial charge in [-0.05, 0) is 6.42 Å². The molecule has 2 atom stereocenters. The van der Waals surface area contributed by atoms with Gasteiger partial charge in [-0.2, -0.15) is 13.2 Å². The minimum absolute atomic E-state index is 0.276. The zero-order valence-corrected chi connectivity index (χ0v) is 7.17. The summed E-state index contributed by atoms with van der Waals surface area (Å²) in [7, 11) is 0. The van der Waals surface area contributed by atoms with Crippen LogP contribution in [0.2, 0.25) is 0 Å². The normalized spacial score (nSPS) is 28.9. The van der Waals surface area contributed by atoms with Crippen molar-refractivity contribution in [2.75, 3.05) is 0 Å². The van der Waals surface area contributed by atoms with E-state index < -0.39 is 42.6 Å². The molecule has 0 amide bonds. The number of carboxylic acid groups (broad SMARTS) is 1. The Bertz CT molecular complexity index is 259. The van der Waals surface area contributed by atoms with Gasteiger partial charge in [-0.3, -0.25) is 9.59 Å². The van der Waals surface area contributed by atoms with Crippen molar-refractivity contribution in [2.24, 2.45) is 11.8 Å². The number of carbonyl (C=O) groups is 2. The summed E-state index contributed by atoms with van der Waals surface area (Å²) < 4.78 is 36.6. The van der Waals surface area contributed by atoms with E-state index in [1.165, 1.54) is 0 Å². The molecule has 1 fully saturated rings. The lowest BCUT2D eigenvalue weighted by atomic mass is 9.80. The molecule has 1 aliphatic rings. The number of carboxylic acids is 1. The zero-order chi connectivity index (χ0) is 10.9. The number of alkyl halides is 3. The molecule has 0 heterocycles. The number of aliphatic carboxylic acids is 1. The third kappa shape index (κ3) is 2.46. The van der Waals surface area contributed by atoms with Crippen molar-refractivity contribution >= 4 is 11.8 Å². The van der Waals surface area contributed by atoms with Gasteiger partial charge in [-0.25, -0.2) is 0 Å². The molecular formula is C8H9F3O3. The molecule has 14 heavy (non-hydrogen) atoms. The predicted octanol–water partition coefficient (Wildman–Crippen LogP) is 1.62. The summed E-state index contributed by atoms with van der Waals surface area (Å²) in [6, 6.07) is 0. The average Bonchev–Trinajstić information content (AvgIpc) is 2.01. The second-order valence-electron chi connectivity index (χ2n) is 3.46. The first-order valence-corrected chi connectivity index (χ1v) is 4.12. The molecule has 0 aromatic heterocycles. The van der Waals surface area contributed by atoms with Crippen LogP contribution in [0.5, 0.6) is 0 Å². The van der Waals surface area contributed by atoms with Crippen LogP contribution in [0.3, 0.4) is 0 Å². The average molecular weight is 210 g/mol. The quantitative estimate of drug-likeness (QED) is 0.715. The van der Waals surface area contributed by atoms with Crippen LogP contribution < -0.4 is 0 Å².